The lowest BCUT2D eigenvalue weighted by molar-refractivity contribution is 0.153. The largest absolute Gasteiger partial charge is 0.427 e. The third-order valence-electron chi connectivity index (χ3n) is 5.74. The third-order valence-corrected chi connectivity index (χ3v) is 5.74. The summed E-state index contributed by atoms with van der Waals surface area (Å²) in [5, 5.41) is 23.8. The van der Waals surface area contributed by atoms with E-state index in [9.17, 15) is 10.3 Å². The summed E-state index contributed by atoms with van der Waals surface area (Å²) in [6.45, 7) is 0.238. The van der Waals surface area contributed by atoms with Gasteiger partial charge in [-0.1, -0.05) is 0 Å². The highest BCUT2D eigenvalue weighted by Gasteiger charge is 2.32. The zero-order valence-corrected chi connectivity index (χ0v) is 14.8. The molecule has 0 unspecified atom stereocenters. The fourth-order valence-electron chi connectivity index (χ4n) is 4.25. The summed E-state index contributed by atoms with van der Waals surface area (Å²) < 4.78 is 1.25. The molecule has 1 aliphatic carbocycles. The van der Waals surface area contributed by atoms with Crippen molar-refractivity contribution in [1.29, 1.82) is 0 Å². The van der Waals surface area contributed by atoms with E-state index in [1.165, 1.54) is 4.73 Å². The van der Waals surface area contributed by atoms with Crippen LogP contribution < -0.4 is 5.32 Å². The Hall–Kier alpha value is -2.93. The van der Waals surface area contributed by atoms with E-state index in [1.54, 1.807) is 18.6 Å². The minimum atomic E-state index is 0.183. The quantitative estimate of drug-likeness (QED) is 0.471. The summed E-state index contributed by atoms with van der Waals surface area (Å²) in [5.41, 5.74) is 3.91. The molecule has 4 heterocycles. The zero-order chi connectivity index (χ0) is 18.4. The molecule has 0 amide bonds. The first-order valence-electron chi connectivity index (χ1n) is 9.35. The molecule has 0 atom stereocenters. The highest BCUT2D eigenvalue weighted by molar-refractivity contribution is 5.94. The summed E-state index contributed by atoms with van der Waals surface area (Å²) in [5.74, 6) is 1.94. The molecule has 3 N–H and O–H groups in total. The van der Waals surface area contributed by atoms with Crippen LogP contribution in [-0.4, -0.2) is 36.6 Å². The first kappa shape index (κ1) is 16.3. The summed E-state index contributed by atoms with van der Waals surface area (Å²) in [7, 11) is 0. The number of anilines is 2. The van der Waals surface area contributed by atoms with Gasteiger partial charge in [0.15, 0.2) is 0 Å². The van der Waals surface area contributed by atoms with E-state index in [2.05, 4.69) is 15.3 Å². The van der Waals surface area contributed by atoms with Crippen molar-refractivity contribution in [2.24, 2.45) is 5.92 Å². The van der Waals surface area contributed by atoms with Crippen LogP contribution in [0.2, 0.25) is 0 Å². The van der Waals surface area contributed by atoms with Crippen LogP contribution in [0.1, 0.15) is 37.4 Å². The molecule has 3 aromatic rings. The van der Waals surface area contributed by atoms with E-state index >= 15 is 0 Å². The third kappa shape index (κ3) is 2.57. The van der Waals surface area contributed by atoms with Crippen molar-refractivity contribution in [2.75, 3.05) is 11.9 Å². The lowest BCUT2D eigenvalue weighted by Crippen LogP contribution is -2.18. The summed E-state index contributed by atoms with van der Waals surface area (Å²) >= 11 is 0. The number of aliphatic hydroxyl groups is 1. The molecule has 138 valence electrons. The average Bonchev–Trinajstić information content (AvgIpc) is 2.98. The maximum atomic E-state index is 11.1. The van der Waals surface area contributed by atoms with Gasteiger partial charge in [0.1, 0.15) is 23.0 Å². The minimum absolute atomic E-state index is 0.183. The number of hydrogen-bond acceptors (Lipinski definition) is 6. The number of hydrogen-bond donors (Lipinski definition) is 3. The second kappa shape index (κ2) is 6.35. The van der Waals surface area contributed by atoms with Gasteiger partial charge in [0, 0.05) is 36.0 Å². The Balaban J connectivity index is 1.67. The second-order valence-corrected chi connectivity index (χ2v) is 7.33. The predicted molar refractivity (Wildman–Crippen MR) is 101 cm³/mol. The Kier molecular flexibility index (Phi) is 3.82. The average molecular weight is 363 g/mol. The second-order valence-electron chi connectivity index (χ2n) is 7.33. The molecule has 2 aliphatic rings. The van der Waals surface area contributed by atoms with Gasteiger partial charge in [-0.15, -0.1) is 0 Å². The fraction of sp³-hybridized carbons (Fsp3) is 0.350. The van der Waals surface area contributed by atoms with E-state index < -0.39 is 0 Å². The standard InChI is InChI=1S/C20H21N5O2/c26-11-12-3-5-13(6-4-12)20-24-17-15-2-1-8-22-19(15)23-16-10-21-9-7-14(16)18(17)25(20)27/h1-2,7-10,12-13,26-27H,3-6,11H2,(H,22,23). The molecule has 3 aromatic heterocycles. The SMILES string of the molecule is OCC1CCC(c2nc3c(n2O)-c2ccncc2Nc2ncccc2-3)CC1. The molecule has 1 saturated carbocycles. The van der Waals surface area contributed by atoms with Gasteiger partial charge in [-0.25, -0.2) is 9.97 Å². The number of nitrogens with one attached hydrogen (secondary N) is 1. The van der Waals surface area contributed by atoms with E-state index in [-0.39, 0.29) is 12.5 Å². The van der Waals surface area contributed by atoms with Crippen molar-refractivity contribution >= 4 is 11.5 Å². The van der Waals surface area contributed by atoms with Crippen molar-refractivity contribution in [3.63, 3.8) is 0 Å². The van der Waals surface area contributed by atoms with Crippen LogP contribution in [0.25, 0.3) is 22.5 Å². The van der Waals surface area contributed by atoms with E-state index in [0.717, 1.165) is 48.2 Å². The fourth-order valence-corrected chi connectivity index (χ4v) is 4.25. The number of nitrogens with zero attached hydrogens (tertiary/aromatic N) is 4. The molecule has 0 bridgehead atoms. The van der Waals surface area contributed by atoms with Crippen molar-refractivity contribution < 1.29 is 10.3 Å². The van der Waals surface area contributed by atoms with Crippen LogP contribution in [0.3, 0.4) is 0 Å². The number of imidazole rings is 1. The van der Waals surface area contributed by atoms with Gasteiger partial charge in [0.2, 0.25) is 0 Å². The number of fused-ring (bicyclic) bond motifs is 5. The molecule has 1 fully saturated rings. The zero-order valence-electron chi connectivity index (χ0n) is 14.8. The molecule has 7 heteroatoms. The molecule has 27 heavy (non-hydrogen) atoms. The van der Waals surface area contributed by atoms with Gasteiger partial charge in [-0.3, -0.25) is 4.98 Å². The van der Waals surface area contributed by atoms with Crippen LogP contribution in [0, 0.1) is 5.92 Å². The van der Waals surface area contributed by atoms with Crippen LogP contribution in [0.15, 0.2) is 36.8 Å². The van der Waals surface area contributed by atoms with Gasteiger partial charge < -0.3 is 15.6 Å². The lowest BCUT2D eigenvalue weighted by Gasteiger charge is -2.26. The van der Waals surface area contributed by atoms with Crippen molar-refractivity contribution in [2.45, 2.75) is 31.6 Å². The number of rotatable bonds is 2. The van der Waals surface area contributed by atoms with E-state index in [4.69, 9.17) is 4.98 Å². The molecule has 0 spiro atoms. The smallest absolute Gasteiger partial charge is 0.149 e. The molecular weight excluding hydrogens is 342 g/mol. The van der Waals surface area contributed by atoms with Crippen molar-refractivity contribution in [3.8, 4) is 22.5 Å². The highest BCUT2D eigenvalue weighted by atomic mass is 16.5. The van der Waals surface area contributed by atoms with Crippen molar-refractivity contribution in [3.05, 3.63) is 42.6 Å². The van der Waals surface area contributed by atoms with Gasteiger partial charge in [0.05, 0.1) is 11.9 Å². The topological polar surface area (TPSA) is 96.1 Å². The molecule has 0 radical (unpaired) electrons. The molecule has 7 nitrogen and oxygen atoms in total. The van der Waals surface area contributed by atoms with Gasteiger partial charge in [0.25, 0.3) is 0 Å². The molecular formula is C20H21N5O2. The molecule has 5 rings (SSSR count). The summed E-state index contributed by atoms with van der Waals surface area (Å²) in [6, 6.07) is 5.72. The van der Waals surface area contributed by atoms with Gasteiger partial charge >= 0.3 is 0 Å². The summed E-state index contributed by atoms with van der Waals surface area (Å²) in [6.07, 6.45) is 8.94. The predicted octanol–water partition coefficient (Wildman–Crippen LogP) is 3.57. The first-order valence-corrected chi connectivity index (χ1v) is 9.35. The normalized spacial score (nSPS) is 20.8. The highest BCUT2D eigenvalue weighted by Crippen LogP contribution is 2.45. The van der Waals surface area contributed by atoms with E-state index in [0.29, 0.717) is 23.3 Å². The lowest BCUT2D eigenvalue weighted by atomic mass is 9.82. The summed E-state index contributed by atoms with van der Waals surface area (Å²) in [4.78, 5) is 13.5. The number of aromatic nitrogens is 4. The monoisotopic (exact) mass is 363 g/mol. The number of pyridine rings is 2. The van der Waals surface area contributed by atoms with Crippen LogP contribution in [0.5, 0.6) is 0 Å². The Morgan fingerprint density at radius 2 is 1.96 bits per heavy atom. The van der Waals surface area contributed by atoms with Crippen molar-refractivity contribution in [1.82, 2.24) is 19.7 Å². The van der Waals surface area contributed by atoms with E-state index in [1.807, 2.05) is 18.2 Å². The maximum absolute atomic E-state index is 11.1. The Labute approximate surface area is 156 Å². The minimum Gasteiger partial charge on any atom is -0.427 e. The number of aliphatic hydroxyl groups excluding tert-OH is 1. The van der Waals surface area contributed by atoms with Crippen LogP contribution in [0.4, 0.5) is 11.5 Å². The molecule has 1 aliphatic heterocycles. The maximum Gasteiger partial charge on any atom is 0.149 e. The van der Waals surface area contributed by atoms with Gasteiger partial charge in [-0.05, 0) is 49.8 Å². The van der Waals surface area contributed by atoms with Crippen LogP contribution >= 0.6 is 0 Å². The molecule has 0 aromatic carbocycles. The Morgan fingerprint density at radius 3 is 2.78 bits per heavy atom. The van der Waals surface area contributed by atoms with Crippen LogP contribution in [-0.2, 0) is 0 Å². The van der Waals surface area contributed by atoms with Gasteiger partial charge in [-0.2, -0.15) is 4.73 Å². The first-order chi connectivity index (χ1) is 13.3. The Morgan fingerprint density at radius 1 is 1.11 bits per heavy atom. The Bertz CT molecular complexity index is 992. The molecule has 0 saturated heterocycles.